The quantitative estimate of drug-likeness (QED) is 0.0182. The van der Waals surface area contributed by atoms with Gasteiger partial charge in [-0.15, -0.1) is 24.5 Å². The van der Waals surface area contributed by atoms with Crippen molar-refractivity contribution in [3.8, 4) is 22.9 Å². The second-order valence-corrected chi connectivity index (χ2v) is 32.1. The summed E-state index contributed by atoms with van der Waals surface area (Å²) in [7, 11) is 0. The molecule has 7 N–H and O–H groups in total. The minimum atomic E-state index is -1.01. The molecule has 0 bridgehead atoms. The monoisotopic (exact) mass is 1530 g/mol. The molecular weight excluding hydrogens is 1430 g/mol. The second-order valence-electron chi connectivity index (χ2n) is 30.3. The number of nitrogens with zero attached hydrogens (tertiary/aromatic N) is 5. The predicted octanol–water partition coefficient (Wildman–Crippen LogP) is 12.4. The molecule has 11 rings (SSSR count). The van der Waals surface area contributed by atoms with Gasteiger partial charge >= 0.3 is 12.2 Å². The van der Waals surface area contributed by atoms with Crippen LogP contribution in [0.4, 0.5) is 14.7 Å². The van der Waals surface area contributed by atoms with E-state index in [2.05, 4.69) is 72.5 Å². The third-order valence-corrected chi connectivity index (χ3v) is 20.3. The van der Waals surface area contributed by atoms with Gasteiger partial charge in [0.25, 0.3) is 0 Å². The van der Waals surface area contributed by atoms with Crippen LogP contribution in [0.15, 0.2) is 79.2 Å². The Morgan fingerprint density at radius 3 is 1.52 bits per heavy atom. The van der Waals surface area contributed by atoms with Gasteiger partial charge in [0, 0.05) is 71.9 Å². The zero-order chi connectivity index (χ0) is 76.3. The molecule has 6 amide bonds. The van der Waals surface area contributed by atoms with Crippen molar-refractivity contribution in [2.75, 3.05) is 23.7 Å². The number of carbonyl (C=O) groups is 9. The molecule has 0 unspecified atom stereocenters. The highest BCUT2D eigenvalue weighted by Crippen LogP contribution is 2.47. The van der Waals surface area contributed by atoms with Crippen LogP contribution in [-0.2, 0) is 38.2 Å². The van der Waals surface area contributed by atoms with Crippen molar-refractivity contribution < 1.29 is 67.2 Å². The van der Waals surface area contributed by atoms with E-state index in [1.54, 1.807) is 73.6 Å². The highest BCUT2D eigenvalue weighted by molar-refractivity contribution is 9.09. The van der Waals surface area contributed by atoms with Crippen molar-refractivity contribution in [1.82, 2.24) is 40.7 Å². The maximum absolute atomic E-state index is 13.8. The Morgan fingerprint density at radius 1 is 0.683 bits per heavy atom. The van der Waals surface area contributed by atoms with Crippen LogP contribution in [0.5, 0.6) is 11.5 Å². The number of carbonyl (C=O) groups excluding carboxylic acids is 9. The first kappa shape index (κ1) is 81.4. The molecule has 3 aromatic heterocycles. The summed E-state index contributed by atoms with van der Waals surface area (Å²) in [4.78, 5) is 132. The Hall–Kier alpha value is -8.27. The molecule has 562 valence electrons. The Bertz CT molecular complexity index is 4060. The van der Waals surface area contributed by atoms with E-state index in [0.29, 0.717) is 82.0 Å². The Kier molecular flexibility index (Phi) is 27.2. The summed E-state index contributed by atoms with van der Waals surface area (Å²) in [5.41, 5.74) is 6.36. The zero-order valence-electron chi connectivity index (χ0n) is 61.7. The molecule has 2 aromatic carbocycles. The van der Waals surface area contributed by atoms with Gasteiger partial charge in [-0.25, -0.2) is 24.5 Å². The standard InChI is InChI=1S/C37H45N5O6S.C29H34BrN3O6.C8H14N2OS.C3H8O/c1-7-24-18-37(24,22(3)43)41-33(45)30-16-25(19-42(30)35(46)48-36(4,5)6)47-31-17-28(38-27-14-21(2)12-13-26(27)31)29-20-49-34(39-29)40-32(44)15-23-10-8-9-11-23;1-7-18-13-29(18,17(3)34)32-26(36)23-11-19(15-33(23)27(37)39-28(4,5)6)38-25-12-22(24(35)14-30)31-21-10-16(2)8-9-20(21)25;9-8(12)10-7(11)5-6-3-1-2-4-6;1-3(2)4/h7,12-14,17,20,23-25,30H,1,8-11,15-16,18-19H2,2-6H3,(H,41,45)(H,39,40,44);7-10,12,18-19,23H,1,11,13-15H2,2-6H3,(H,32,36);6H,1-5H2,(H3,9,10,11,12);3-4H,1-2H3/t24-,25-,30+,37+;18-,19-,23+,29+;;/m11../s1. The third-order valence-electron chi connectivity index (χ3n) is 19.0. The van der Waals surface area contributed by atoms with E-state index in [4.69, 9.17) is 34.8 Å². The van der Waals surface area contributed by atoms with Crippen LogP contribution < -0.4 is 36.5 Å². The lowest BCUT2D eigenvalue weighted by atomic mass is 10.0. The maximum atomic E-state index is 13.8. The molecule has 27 heteroatoms. The Balaban J connectivity index is 0.000000221. The molecule has 8 atom stereocenters. The summed E-state index contributed by atoms with van der Waals surface area (Å²) in [5, 5.41) is 23.3. The highest BCUT2D eigenvalue weighted by atomic mass is 79.9. The number of alkyl halides is 1. The topological polar surface area (TPSA) is 330 Å². The number of nitrogens with two attached hydrogens (primary N) is 1. The van der Waals surface area contributed by atoms with E-state index in [0.717, 1.165) is 29.4 Å². The maximum Gasteiger partial charge on any atom is 0.411 e. The van der Waals surface area contributed by atoms with Crippen molar-refractivity contribution in [3.05, 3.63) is 96.0 Å². The normalized spacial score (nSPS) is 22.6. The first-order valence-corrected chi connectivity index (χ1v) is 38.0. The van der Waals surface area contributed by atoms with Crippen molar-refractivity contribution >= 4 is 125 Å². The average Bonchev–Trinajstić information content (AvgIpc) is 1.59. The molecule has 5 aromatic rings. The fraction of sp³-hybridized carbons (Fsp3) is 0.545. The van der Waals surface area contributed by atoms with E-state index < -0.39 is 70.6 Å². The molecule has 4 aliphatic carbocycles. The third kappa shape index (κ3) is 21.7. The van der Waals surface area contributed by atoms with E-state index in [9.17, 15) is 43.2 Å². The van der Waals surface area contributed by atoms with Crippen molar-refractivity contribution in [1.29, 1.82) is 0 Å². The van der Waals surface area contributed by atoms with Crippen LogP contribution in [0.3, 0.4) is 0 Å². The van der Waals surface area contributed by atoms with Gasteiger partial charge in [0.1, 0.15) is 69.5 Å². The van der Waals surface area contributed by atoms with Crippen molar-refractivity contribution in [3.63, 3.8) is 0 Å². The molecule has 2 saturated heterocycles. The smallest absolute Gasteiger partial charge is 0.411 e. The number of aromatic nitrogens is 3. The number of benzene rings is 2. The number of fused-ring (bicyclic) bond motifs is 2. The molecule has 24 nitrogen and oxygen atoms in total. The SMILES string of the molecule is C=C[C@@H]1C[C@]1(NC(=O)[C@@H]1C[C@@H](Oc2cc(-c3csc(NC(=O)CC4CCCC4)n3)nc3cc(C)ccc23)CN1C(=O)OC(C)(C)C)C(C)=O.C=C[C@@H]1C[C@]1(NC(=O)[C@@H]1C[C@@H](Oc2cc(C(=O)CBr)nc3cc(C)ccc23)CN1C(=O)OC(C)(C)C)C(C)=O.CC(C)O.NC(=S)NC(=O)CC1CCCC1. The lowest BCUT2D eigenvalue weighted by molar-refractivity contribution is -0.130. The van der Waals surface area contributed by atoms with Gasteiger partial charge < -0.3 is 51.1 Å². The number of aryl methyl sites for hydroxylation is 2. The Labute approximate surface area is 626 Å². The number of amides is 6. The number of aliphatic hydroxyl groups excluding tert-OH is 1. The van der Waals surface area contributed by atoms with Crippen LogP contribution in [0.2, 0.25) is 0 Å². The molecule has 0 radical (unpaired) electrons. The molecule has 6 fully saturated rings. The first-order valence-electron chi connectivity index (χ1n) is 35.6. The molecule has 5 heterocycles. The molecule has 104 heavy (non-hydrogen) atoms. The summed E-state index contributed by atoms with van der Waals surface area (Å²) in [6.07, 6.45) is 12.6. The van der Waals surface area contributed by atoms with Gasteiger partial charge in [0.15, 0.2) is 27.6 Å². The average molecular weight is 1530 g/mol. The number of hydrogen-bond acceptors (Lipinski definition) is 19. The molecular formula is C77H101BrN10O14S2. The molecule has 6 aliphatic rings. The summed E-state index contributed by atoms with van der Waals surface area (Å²) >= 11 is 9.10. The molecule has 0 spiro atoms. The Morgan fingerprint density at radius 2 is 1.12 bits per heavy atom. The minimum Gasteiger partial charge on any atom is -0.488 e. The van der Waals surface area contributed by atoms with Crippen LogP contribution in [0, 0.1) is 37.5 Å². The number of pyridine rings is 2. The number of halogens is 1. The largest absolute Gasteiger partial charge is 0.488 e. The number of thiocarbonyl (C=S) groups is 1. The van der Waals surface area contributed by atoms with Crippen LogP contribution in [0.1, 0.15) is 181 Å². The van der Waals surface area contributed by atoms with Crippen LogP contribution in [0.25, 0.3) is 33.2 Å². The first-order chi connectivity index (χ1) is 48.9. The van der Waals surface area contributed by atoms with Gasteiger partial charge in [0.05, 0.1) is 35.1 Å². The van der Waals surface area contributed by atoms with Gasteiger partial charge in [-0.05, 0) is 181 Å². The summed E-state index contributed by atoms with van der Waals surface area (Å²) in [6.45, 7) is 28.6. The highest BCUT2D eigenvalue weighted by Gasteiger charge is 2.60. The number of hydrogen-bond donors (Lipinski definition) is 6. The van der Waals surface area contributed by atoms with Crippen LogP contribution >= 0.6 is 39.5 Å². The number of likely N-dealkylation sites (tertiary alicyclic amines) is 2. The summed E-state index contributed by atoms with van der Waals surface area (Å²) in [6, 6.07) is 13.1. The summed E-state index contributed by atoms with van der Waals surface area (Å²) in [5.74, 6) is 0.213. The van der Waals surface area contributed by atoms with Crippen molar-refractivity contribution in [2.24, 2.45) is 29.4 Å². The lowest BCUT2D eigenvalue weighted by Crippen LogP contribution is -2.53. The molecule has 4 saturated carbocycles. The van der Waals surface area contributed by atoms with E-state index in [-0.39, 0.29) is 89.2 Å². The minimum absolute atomic E-state index is 0.0239. The number of rotatable bonds is 20. The lowest BCUT2D eigenvalue weighted by Gasteiger charge is -2.28. The number of anilines is 1. The second kappa shape index (κ2) is 34.8. The van der Waals surface area contributed by atoms with Gasteiger partial charge in [-0.2, -0.15) is 0 Å². The zero-order valence-corrected chi connectivity index (χ0v) is 65.0. The van der Waals surface area contributed by atoms with Crippen LogP contribution in [-0.4, -0.2) is 159 Å². The number of nitrogens with one attached hydrogen (secondary N) is 4. The number of thiazole rings is 1. The van der Waals surface area contributed by atoms with Gasteiger partial charge in [-0.1, -0.05) is 65.9 Å². The van der Waals surface area contributed by atoms with E-state index >= 15 is 0 Å². The number of Topliss-reactive ketones (excluding diaryl/α,β-unsaturated/α-hetero) is 3. The van der Waals surface area contributed by atoms with E-state index in [1.807, 2.05) is 61.7 Å². The molecule has 2 aliphatic heterocycles. The van der Waals surface area contributed by atoms with Gasteiger partial charge in [0.2, 0.25) is 23.6 Å². The van der Waals surface area contributed by atoms with Crippen molar-refractivity contribution in [2.45, 2.75) is 226 Å². The summed E-state index contributed by atoms with van der Waals surface area (Å²) < 4.78 is 24.3. The van der Waals surface area contributed by atoms with Gasteiger partial charge in [-0.3, -0.25) is 43.4 Å². The number of aliphatic hydroxyl groups is 1. The predicted molar refractivity (Wildman–Crippen MR) is 407 cm³/mol. The number of ketones is 3. The number of ether oxygens (including phenoxy) is 4. The van der Waals surface area contributed by atoms with E-state index in [1.165, 1.54) is 73.5 Å². The fourth-order valence-corrected chi connectivity index (χ4v) is 14.7. The fourth-order valence-electron chi connectivity index (χ4n) is 13.6.